The van der Waals surface area contributed by atoms with Crippen LogP contribution >= 0.6 is 0 Å². The van der Waals surface area contributed by atoms with E-state index in [0.29, 0.717) is 5.71 Å². The van der Waals surface area contributed by atoms with Crippen molar-refractivity contribution < 1.29 is 19.5 Å². The van der Waals surface area contributed by atoms with Gasteiger partial charge < -0.3 is 15.3 Å². The molecule has 6 nitrogen and oxygen atoms in total. The van der Waals surface area contributed by atoms with Crippen LogP contribution < -0.4 is 5.32 Å². The Labute approximate surface area is 81.9 Å². The Balaban J connectivity index is 4.04. The van der Waals surface area contributed by atoms with E-state index in [4.69, 9.17) is 9.94 Å². The molecule has 0 aliphatic heterocycles. The molecule has 2 N–H and O–H groups in total. The minimum atomic E-state index is -1.15. The zero-order chi connectivity index (χ0) is 11.1. The molecule has 1 unspecified atom stereocenters. The number of carboxylic acid groups (broad SMARTS) is 1. The number of oxime groups is 1. The predicted octanol–water partition coefficient (Wildman–Crippen LogP) is -0.0119. The van der Waals surface area contributed by atoms with Gasteiger partial charge in [-0.2, -0.15) is 0 Å². The molecule has 1 atom stereocenters. The summed E-state index contributed by atoms with van der Waals surface area (Å²) in [4.78, 5) is 25.9. The van der Waals surface area contributed by atoms with Crippen LogP contribution in [0.4, 0.5) is 0 Å². The van der Waals surface area contributed by atoms with Crippen LogP contribution in [0, 0.1) is 0 Å². The summed E-state index contributed by atoms with van der Waals surface area (Å²) >= 11 is 0. The van der Waals surface area contributed by atoms with E-state index in [1.54, 1.807) is 13.8 Å². The molecule has 0 aliphatic carbocycles. The van der Waals surface area contributed by atoms with Gasteiger partial charge in [0.1, 0.15) is 6.61 Å². The Hall–Kier alpha value is -1.59. The molecule has 0 aliphatic rings. The quantitative estimate of drug-likeness (QED) is 0.484. The SMILES string of the molecule is CC(=O)NC(CON=C(C)C)C(=O)O. The maximum absolute atomic E-state index is 10.6. The first-order chi connectivity index (χ1) is 6.43. The highest BCUT2D eigenvalue weighted by molar-refractivity contribution is 5.82. The summed E-state index contributed by atoms with van der Waals surface area (Å²) in [7, 11) is 0. The van der Waals surface area contributed by atoms with Gasteiger partial charge in [-0.3, -0.25) is 4.79 Å². The van der Waals surface area contributed by atoms with Crippen molar-refractivity contribution in [2.45, 2.75) is 26.8 Å². The van der Waals surface area contributed by atoms with Gasteiger partial charge in [0.25, 0.3) is 0 Å². The lowest BCUT2D eigenvalue weighted by Crippen LogP contribution is -2.42. The van der Waals surface area contributed by atoms with E-state index in [1.165, 1.54) is 6.92 Å². The number of nitrogens with one attached hydrogen (secondary N) is 1. The fourth-order valence-corrected chi connectivity index (χ4v) is 0.661. The molecule has 6 heteroatoms. The van der Waals surface area contributed by atoms with Gasteiger partial charge in [0.05, 0.1) is 5.71 Å². The second kappa shape index (κ2) is 5.95. The summed E-state index contributed by atoms with van der Waals surface area (Å²) < 4.78 is 0. The third-order valence-electron chi connectivity index (χ3n) is 1.16. The Morgan fingerprint density at radius 3 is 2.36 bits per heavy atom. The monoisotopic (exact) mass is 202 g/mol. The lowest BCUT2D eigenvalue weighted by molar-refractivity contribution is -0.143. The van der Waals surface area contributed by atoms with Gasteiger partial charge in [0, 0.05) is 6.92 Å². The van der Waals surface area contributed by atoms with Crippen LogP contribution in [0.3, 0.4) is 0 Å². The first kappa shape index (κ1) is 12.4. The molecular formula is C8H14N2O4. The van der Waals surface area contributed by atoms with Crippen molar-refractivity contribution in [1.82, 2.24) is 5.32 Å². The molecule has 80 valence electrons. The Morgan fingerprint density at radius 2 is 2.00 bits per heavy atom. The van der Waals surface area contributed by atoms with Crippen molar-refractivity contribution >= 4 is 17.6 Å². The Bertz CT molecular complexity index is 246. The molecule has 0 bridgehead atoms. The molecule has 0 fully saturated rings. The van der Waals surface area contributed by atoms with Crippen LogP contribution in [0.5, 0.6) is 0 Å². The molecule has 0 saturated carbocycles. The molecule has 0 aromatic rings. The average molecular weight is 202 g/mol. The minimum Gasteiger partial charge on any atom is -0.480 e. The van der Waals surface area contributed by atoms with Gasteiger partial charge in [0.15, 0.2) is 6.04 Å². The van der Waals surface area contributed by atoms with Crippen LogP contribution in [0.1, 0.15) is 20.8 Å². The number of carbonyl (C=O) groups excluding carboxylic acids is 1. The maximum Gasteiger partial charge on any atom is 0.329 e. The number of amides is 1. The van der Waals surface area contributed by atoms with E-state index in [0.717, 1.165) is 0 Å². The molecule has 0 spiro atoms. The first-order valence-electron chi connectivity index (χ1n) is 4.06. The molecule has 0 heterocycles. The normalized spacial score (nSPS) is 11.4. The minimum absolute atomic E-state index is 0.180. The highest BCUT2D eigenvalue weighted by Gasteiger charge is 2.18. The van der Waals surface area contributed by atoms with Gasteiger partial charge in [-0.15, -0.1) is 0 Å². The highest BCUT2D eigenvalue weighted by Crippen LogP contribution is 1.89. The summed E-state index contributed by atoms with van der Waals surface area (Å²) in [6.45, 7) is 4.49. The molecule has 0 aromatic carbocycles. The van der Waals surface area contributed by atoms with Crippen LogP contribution in [0.15, 0.2) is 5.16 Å². The number of aliphatic carboxylic acids is 1. The van der Waals surface area contributed by atoms with Crippen LogP contribution in [0.2, 0.25) is 0 Å². The number of rotatable bonds is 5. The number of carboxylic acids is 1. The van der Waals surface area contributed by atoms with Crippen LogP contribution in [-0.2, 0) is 14.4 Å². The number of hydrogen-bond donors (Lipinski definition) is 2. The van der Waals surface area contributed by atoms with Gasteiger partial charge >= 0.3 is 5.97 Å². The molecule has 1 amide bonds. The van der Waals surface area contributed by atoms with Gasteiger partial charge in [-0.05, 0) is 13.8 Å². The topological polar surface area (TPSA) is 88.0 Å². The average Bonchev–Trinajstić information content (AvgIpc) is 2.00. The highest BCUT2D eigenvalue weighted by atomic mass is 16.6. The van der Waals surface area contributed by atoms with E-state index in [1.807, 2.05) is 0 Å². The van der Waals surface area contributed by atoms with E-state index >= 15 is 0 Å². The van der Waals surface area contributed by atoms with E-state index in [2.05, 4.69) is 10.5 Å². The largest absolute Gasteiger partial charge is 0.480 e. The summed E-state index contributed by atoms with van der Waals surface area (Å²) in [6, 6.07) is -1.06. The van der Waals surface area contributed by atoms with Crippen molar-refractivity contribution in [3.63, 3.8) is 0 Å². The van der Waals surface area contributed by atoms with E-state index < -0.39 is 17.9 Å². The zero-order valence-corrected chi connectivity index (χ0v) is 8.40. The molecule has 14 heavy (non-hydrogen) atoms. The van der Waals surface area contributed by atoms with Crippen molar-refractivity contribution in [2.24, 2.45) is 5.16 Å². The molecule has 0 radical (unpaired) electrons. The number of hydrogen-bond acceptors (Lipinski definition) is 4. The molecular weight excluding hydrogens is 188 g/mol. The fraction of sp³-hybridized carbons (Fsp3) is 0.625. The van der Waals surface area contributed by atoms with Crippen molar-refractivity contribution in [3.05, 3.63) is 0 Å². The Kier molecular flexibility index (Phi) is 5.28. The van der Waals surface area contributed by atoms with Crippen molar-refractivity contribution in [2.75, 3.05) is 6.61 Å². The van der Waals surface area contributed by atoms with Gasteiger partial charge in [-0.25, -0.2) is 4.79 Å². The number of nitrogens with zero attached hydrogens (tertiary/aromatic N) is 1. The predicted molar refractivity (Wildman–Crippen MR) is 50.0 cm³/mol. The second-order valence-corrected chi connectivity index (χ2v) is 2.93. The third kappa shape index (κ3) is 5.99. The summed E-state index contributed by atoms with van der Waals surface area (Å²) in [6.07, 6.45) is 0. The third-order valence-corrected chi connectivity index (χ3v) is 1.16. The van der Waals surface area contributed by atoms with Gasteiger partial charge in [-0.1, -0.05) is 5.16 Å². The standard InChI is InChI=1S/C8H14N2O4/c1-5(2)10-14-4-7(8(12)13)9-6(3)11/h7H,4H2,1-3H3,(H,9,11)(H,12,13). The summed E-state index contributed by atoms with van der Waals surface area (Å²) in [5.74, 6) is -1.57. The van der Waals surface area contributed by atoms with Crippen molar-refractivity contribution in [3.8, 4) is 0 Å². The smallest absolute Gasteiger partial charge is 0.329 e. The summed E-state index contributed by atoms with van der Waals surface area (Å²) in [5.41, 5.74) is 0.678. The number of carbonyl (C=O) groups is 2. The van der Waals surface area contributed by atoms with E-state index in [9.17, 15) is 9.59 Å². The zero-order valence-electron chi connectivity index (χ0n) is 8.40. The Morgan fingerprint density at radius 1 is 1.43 bits per heavy atom. The maximum atomic E-state index is 10.6. The molecule has 0 rings (SSSR count). The lowest BCUT2D eigenvalue weighted by atomic mass is 10.3. The van der Waals surface area contributed by atoms with Gasteiger partial charge in [0.2, 0.25) is 5.91 Å². The molecule has 0 saturated heterocycles. The van der Waals surface area contributed by atoms with Crippen LogP contribution in [0.25, 0.3) is 0 Å². The second-order valence-electron chi connectivity index (χ2n) is 2.93. The van der Waals surface area contributed by atoms with Crippen molar-refractivity contribution in [1.29, 1.82) is 0 Å². The lowest BCUT2D eigenvalue weighted by Gasteiger charge is -2.11. The first-order valence-corrected chi connectivity index (χ1v) is 4.06. The fourth-order valence-electron chi connectivity index (χ4n) is 0.661. The van der Waals surface area contributed by atoms with Crippen LogP contribution in [-0.4, -0.2) is 35.3 Å². The summed E-state index contributed by atoms with van der Waals surface area (Å²) in [5, 5.41) is 14.4. The van der Waals surface area contributed by atoms with E-state index in [-0.39, 0.29) is 6.61 Å². The molecule has 0 aromatic heterocycles.